The second-order valence-corrected chi connectivity index (χ2v) is 23.1. The van der Waals surface area contributed by atoms with Crippen molar-refractivity contribution >= 4 is 19.8 Å². The molecule has 0 bridgehead atoms. The van der Waals surface area contributed by atoms with E-state index in [4.69, 9.17) is 18.5 Å². The number of likely N-dealkylation sites (N-methyl/N-ethyl adjacent to an activating group) is 1. The number of allylic oxidation sites excluding steroid dienone is 20. The molecule has 0 amide bonds. The molecule has 0 aliphatic carbocycles. The predicted octanol–water partition coefficient (Wildman–Crippen LogP) is 19.3. The Morgan fingerprint density at radius 2 is 0.731 bits per heavy atom. The third kappa shape index (κ3) is 61.6. The highest BCUT2D eigenvalue weighted by molar-refractivity contribution is 7.45. The Morgan fingerprint density at radius 1 is 0.410 bits per heavy atom. The van der Waals surface area contributed by atoms with Crippen molar-refractivity contribution in [3.05, 3.63) is 122 Å². The van der Waals surface area contributed by atoms with Gasteiger partial charge in [0.2, 0.25) is 0 Å². The summed E-state index contributed by atoms with van der Waals surface area (Å²) in [4.78, 5) is 37.9. The van der Waals surface area contributed by atoms with Crippen LogP contribution in [0.25, 0.3) is 0 Å². The normalized spacial score (nSPS) is 14.1. The van der Waals surface area contributed by atoms with Crippen molar-refractivity contribution in [2.45, 2.75) is 251 Å². The van der Waals surface area contributed by atoms with Gasteiger partial charge in [-0.2, -0.15) is 0 Å². The molecule has 78 heavy (non-hydrogen) atoms. The molecule has 2 unspecified atom stereocenters. The predicted molar refractivity (Wildman–Crippen MR) is 332 cm³/mol. The highest BCUT2D eigenvalue weighted by Crippen LogP contribution is 2.38. The lowest BCUT2D eigenvalue weighted by atomic mass is 10.1. The summed E-state index contributed by atoms with van der Waals surface area (Å²) < 4.78 is 34.2. The Labute approximate surface area is 479 Å². The minimum absolute atomic E-state index is 0.0392. The lowest BCUT2D eigenvalue weighted by Gasteiger charge is -2.28. The Bertz CT molecular complexity index is 1730. The summed E-state index contributed by atoms with van der Waals surface area (Å²) in [6, 6.07) is 0. The van der Waals surface area contributed by atoms with Gasteiger partial charge in [-0.3, -0.25) is 14.2 Å². The molecule has 0 radical (unpaired) electrons. The average molecular weight is 1110 g/mol. The Kier molecular flexibility index (Phi) is 55.4. The lowest BCUT2D eigenvalue weighted by Crippen LogP contribution is -2.37. The smallest absolute Gasteiger partial charge is 0.306 e. The monoisotopic (exact) mass is 1110 g/mol. The van der Waals surface area contributed by atoms with Crippen LogP contribution in [0.15, 0.2) is 122 Å². The van der Waals surface area contributed by atoms with E-state index in [9.17, 15) is 19.0 Å². The van der Waals surface area contributed by atoms with Crippen molar-refractivity contribution in [2.75, 3.05) is 47.5 Å². The molecule has 0 aromatic rings. The van der Waals surface area contributed by atoms with Crippen LogP contribution >= 0.6 is 7.82 Å². The molecule has 9 nitrogen and oxygen atoms in total. The zero-order valence-electron chi connectivity index (χ0n) is 50.6. The molecule has 0 rings (SSSR count). The summed E-state index contributed by atoms with van der Waals surface area (Å²) in [5.41, 5.74) is 0. The first-order valence-electron chi connectivity index (χ1n) is 31.2. The molecular weight excluding hydrogens is 990 g/mol. The number of phosphoric ester groups is 1. The highest BCUT2D eigenvalue weighted by Gasteiger charge is 2.22. The van der Waals surface area contributed by atoms with Crippen molar-refractivity contribution < 1.29 is 42.1 Å². The van der Waals surface area contributed by atoms with Gasteiger partial charge in [0.25, 0.3) is 7.82 Å². The summed E-state index contributed by atoms with van der Waals surface area (Å²) in [5, 5.41) is 0. The molecule has 2 atom stereocenters. The number of phosphoric acid groups is 1. The van der Waals surface area contributed by atoms with Gasteiger partial charge in [-0.15, -0.1) is 0 Å². The fraction of sp³-hybridized carbons (Fsp3) is 0.676. The minimum Gasteiger partial charge on any atom is -0.756 e. The van der Waals surface area contributed by atoms with Crippen molar-refractivity contribution in [1.29, 1.82) is 0 Å². The van der Waals surface area contributed by atoms with Crippen molar-refractivity contribution in [2.24, 2.45) is 0 Å². The van der Waals surface area contributed by atoms with Gasteiger partial charge in [0.15, 0.2) is 6.10 Å². The molecule has 0 aromatic heterocycles. The maximum atomic E-state index is 12.8. The summed E-state index contributed by atoms with van der Waals surface area (Å²) in [6.45, 7) is 4.10. The highest BCUT2D eigenvalue weighted by atomic mass is 31.2. The number of quaternary nitrogens is 1. The lowest BCUT2D eigenvalue weighted by molar-refractivity contribution is -0.870. The van der Waals surface area contributed by atoms with E-state index in [1.54, 1.807) is 0 Å². The van der Waals surface area contributed by atoms with E-state index in [1.807, 2.05) is 21.1 Å². The molecule has 0 heterocycles. The largest absolute Gasteiger partial charge is 0.756 e. The standard InChI is InChI=1S/C68H116NO8P/c1-6-8-10-12-14-16-18-20-22-24-26-28-29-30-31-32-33-34-35-36-37-38-39-41-43-45-47-49-51-53-55-57-59-61-68(71)77-66(65-76-78(72,73)75-63-62-69(3,4)5)64-74-67(70)60-58-56-54-52-50-48-46-44-42-40-27-25-23-21-19-17-15-13-11-9-7-2/h8,10,14,16,19-22,25-28,30-31,33-34,36-37,39,41,66H,6-7,9,11-13,15,17-18,23-24,29,32,35,38,40,42-65H2,1-5H3/b10-8-,16-14-,21-19-,22-20-,27-25-,28-26-,31-30-,34-33-,37-36-,41-39-. The van der Waals surface area contributed by atoms with Gasteiger partial charge >= 0.3 is 11.9 Å². The molecule has 0 spiro atoms. The molecule has 0 saturated heterocycles. The fourth-order valence-corrected chi connectivity index (χ4v) is 8.90. The van der Waals surface area contributed by atoms with Gasteiger partial charge in [-0.05, 0) is 109 Å². The maximum absolute atomic E-state index is 12.8. The van der Waals surface area contributed by atoms with E-state index in [-0.39, 0.29) is 26.1 Å². The molecule has 10 heteroatoms. The van der Waals surface area contributed by atoms with Crippen molar-refractivity contribution in [3.8, 4) is 0 Å². The number of unbranched alkanes of at least 4 members (excludes halogenated alkanes) is 22. The number of hydrogen-bond donors (Lipinski definition) is 0. The number of hydrogen-bond acceptors (Lipinski definition) is 8. The summed E-state index contributed by atoms with van der Waals surface area (Å²) in [6.07, 6.45) is 82.4. The molecule has 0 aliphatic rings. The van der Waals surface area contributed by atoms with E-state index in [2.05, 4.69) is 135 Å². The number of carbonyl (C=O) groups is 2. The van der Waals surface area contributed by atoms with Gasteiger partial charge < -0.3 is 27.9 Å². The Balaban J connectivity index is 4.19. The third-order valence-electron chi connectivity index (χ3n) is 13.0. The van der Waals surface area contributed by atoms with Crippen LogP contribution in [0.1, 0.15) is 245 Å². The van der Waals surface area contributed by atoms with Gasteiger partial charge in [0.05, 0.1) is 27.7 Å². The number of carbonyl (C=O) groups excluding carboxylic acids is 2. The number of ether oxygens (including phenoxy) is 2. The summed E-state index contributed by atoms with van der Waals surface area (Å²) in [5.74, 6) is -0.852. The van der Waals surface area contributed by atoms with Crippen LogP contribution in [0.2, 0.25) is 0 Å². The van der Waals surface area contributed by atoms with Gasteiger partial charge in [-0.25, -0.2) is 0 Å². The average Bonchev–Trinajstić information content (AvgIpc) is 3.41. The molecule has 0 aliphatic heterocycles. The SMILES string of the molecule is CC/C=C\C/C=C\C/C=C\C/C=C\C/C=C\C/C=C\C/C=C\C/C=C\CCCCCCCCCCC(=O)OC(COC(=O)CCCCCCCCCCC/C=C\C/C=C\CCCCCCC)COP(=O)([O-])OCC[N+](C)(C)C. The van der Waals surface area contributed by atoms with Crippen LogP contribution in [0, 0.1) is 0 Å². The van der Waals surface area contributed by atoms with Crippen LogP contribution in [0.3, 0.4) is 0 Å². The van der Waals surface area contributed by atoms with E-state index >= 15 is 0 Å². The fourth-order valence-electron chi connectivity index (χ4n) is 8.17. The number of rotatable bonds is 56. The van der Waals surface area contributed by atoms with Crippen LogP contribution in [-0.4, -0.2) is 70.0 Å². The quantitative estimate of drug-likeness (QED) is 0.0195. The van der Waals surface area contributed by atoms with Crippen LogP contribution in [0.5, 0.6) is 0 Å². The zero-order chi connectivity index (χ0) is 57.0. The molecular formula is C68H116NO8P. The molecule has 0 aromatic carbocycles. The van der Waals surface area contributed by atoms with Crippen LogP contribution < -0.4 is 4.89 Å². The topological polar surface area (TPSA) is 111 Å². The van der Waals surface area contributed by atoms with Crippen molar-refractivity contribution in [1.82, 2.24) is 0 Å². The van der Waals surface area contributed by atoms with Crippen LogP contribution in [-0.2, 0) is 32.7 Å². The van der Waals surface area contributed by atoms with E-state index in [0.717, 1.165) is 116 Å². The molecule has 0 saturated carbocycles. The number of esters is 2. The maximum Gasteiger partial charge on any atom is 0.306 e. The summed E-state index contributed by atoms with van der Waals surface area (Å²) in [7, 11) is 1.14. The second-order valence-electron chi connectivity index (χ2n) is 21.7. The first-order valence-corrected chi connectivity index (χ1v) is 32.7. The van der Waals surface area contributed by atoms with Crippen LogP contribution in [0.4, 0.5) is 0 Å². The first-order chi connectivity index (χ1) is 38.0. The Hall–Kier alpha value is -3.59. The summed E-state index contributed by atoms with van der Waals surface area (Å²) >= 11 is 0. The van der Waals surface area contributed by atoms with E-state index < -0.39 is 32.5 Å². The zero-order valence-corrected chi connectivity index (χ0v) is 51.5. The molecule has 0 fully saturated rings. The van der Waals surface area contributed by atoms with E-state index in [1.165, 1.54) is 96.3 Å². The van der Waals surface area contributed by atoms with Gasteiger partial charge in [-0.1, -0.05) is 245 Å². The number of nitrogens with zero attached hydrogens (tertiary/aromatic N) is 1. The molecule has 0 N–H and O–H groups in total. The second kappa shape index (κ2) is 58.1. The molecule has 446 valence electrons. The third-order valence-corrected chi connectivity index (χ3v) is 13.9. The van der Waals surface area contributed by atoms with Gasteiger partial charge in [0.1, 0.15) is 19.8 Å². The van der Waals surface area contributed by atoms with E-state index in [0.29, 0.717) is 17.4 Å². The first kappa shape index (κ1) is 74.4. The minimum atomic E-state index is -4.65. The Morgan fingerprint density at radius 3 is 1.09 bits per heavy atom. The van der Waals surface area contributed by atoms with Gasteiger partial charge in [0, 0.05) is 12.8 Å². The van der Waals surface area contributed by atoms with Crippen molar-refractivity contribution in [3.63, 3.8) is 0 Å².